The van der Waals surface area contributed by atoms with E-state index in [2.05, 4.69) is 40.5 Å². The van der Waals surface area contributed by atoms with Crippen LogP contribution in [-0.4, -0.2) is 121 Å². The highest BCUT2D eigenvalue weighted by atomic mass is 16.6. The molecule has 6 aromatic rings. The molecule has 4 saturated heterocycles. The van der Waals surface area contributed by atoms with Crippen molar-refractivity contribution in [3.63, 3.8) is 0 Å². The fraction of sp³-hybridized carbons (Fsp3) is 0.447. The first-order valence-electron chi connectivity index (χ1n) is 21.9. The molecule has 8 heterocycles. The number of imidazole rings is 2. The Morgan fingerprint density at radius 3 is 1.44 bits per heavy atom. The van der Waals surface area contributed by atoms with Gasteiger partial charge in [-0.15, -0.1) is 0 Å². The number of aromatic nitrogens is 8. The van der Waals surface area contributed by atoms with E-state index in [9.17, 15) is 24.3 Å². The van der Waals surface area contributed by atoms with E-state index in [0.717, 1.165) is 17.5 Å². The smallest absolute Gasteiger partial charge is 0.411 e. The van der Waals surface area contributed by atoms with Crippen LogP contribution in [0.25, 0.3) is 22.3 Å². The van der Waals surface area contributed by atoms with Gasteiger partial charge in [-0.3, -0.25) is 28.5 Å². The molecule has 4 aliphatic rings. The Kier molecular flexibility index (Phi) is 14.7. The Morgan fingerprint density at radius 1 is 0.632 bits per heavy atom. The summed E-state index contributed by atoms with van der Waals surface area (Å²) in [4.78, 5) is 79.0. The van der Waals surface area contributed by atoms with Gasteiger partial charge >= 0.3 is 12.2 Å². The van der Waals surface area contributed by atoms with E-state index in [-0.39, 0.29) is 63.3 Å². The molecule has 360 valence electrons. The third kappa shape index (κ3) is 9.15. The number of fused-ring (bicyclic) bond motifs is 4. The van der Waals surface area contributed by atoms with Gasteiger partial charge in [0.1, 0.15) is 30.8 Å². The van der Waals surface area contributed by atoms with E-state index in [1.54, 1.807) is 53.0 Å². The lowest BCUT2D eigenvalue weighted by Gasteiger charge is -2.24. The van der Waals surface area contributed by atoms with Gasteiger partial charge in [-0.2, -0.15) is 0 Å². The molecule has 2 aromatic carbocycles. The highest BCUT2D eigenvalue weighted by Gasteiger charge is 2.58. The Morgan fingerprint density at radius 2 is 1.04 bits per heavy atom. The number of hydrogen-bond donors (Lipinski definition) is 3. The maximum absolute atomic E-state index is 12.8. The van der Waals surface area contributed by atoms with Crippen LogP contribution in [0.1, 0.15) is 79.5 Å². The Labute approximate surface area is 393 Å². The monoisotopic (exact) mass is 934 g/mol. The van der Waals surface area contributed by atoms with Crippen molar-refractivity contribution in [2.24, 2.45) is 11.8 Å². The van der Waals surface area contributed by atoms with Gasteiger partial charge in [-0.1, -0.05) is 110 Å². The van der Waals surface area contributed by atoms with E-state index >= 15 is 0 Å². The average Bonchev–Trinajstić information content (AvgIpc) is 4.18. The van der Waals surface area contributed by atoms with Gasteiger partial charge in [0.25, 0.3) is 0 Å². The predicted octanol–water partition coefficient (Wildman–Crippen LogP) is 6.09. The van der Waals surface area contributed by atoms with Gasteiger partial charge in [0.15, 0.2) is 58.6 Å². The van der Waals surface area contributed by atoms with E-state index in [1.807, 2.05) is 67.6 Å². The summed E-state index contributed by atoms with van der Waals surface area (Å²) in [6.45, 7) is 9.71. The molecule has 4 fully saturated rings. The molecule has 21 heteroatoms. The molecule has 4 aromatic heterocycles. The Hall–Kier alpha value is -7.10. The minimum Gasteiger partial charge on any atom is -0.439 e. The molecule has 8 atom stereocenters. The second-order valence-corrected chi connectivity index (χ2v) is 17.0. The van der Waals surface area contributed by atoms with Gasteiger partial charge in [0.05, 0.1) is 25.4 Å². The SMILES string of the molecule is C.C.CC(C)C(=O)Nc1ncnc2c1ncn2[C@@H]1O[C@H](CO)[C@@H]2[C@H]1OC(=O)N2Cc1ccccc1.CC[C@H]1O[C@@H](n2cnc3c(NC(=O)C(C)C)ncnc32)[C@@H]2OC(=O)N(Cc3ccccc3)[C@@H]21. The number of amides is 4. The Balaban J connectivity index is 0.000000196. The molecule has 68 heavy (non-hydrogen) atoms. The molecule has 0 radical (unpaired) electrons. The van der Waals surface area contributed by atoms with Crippen molar-refractivity contribution in [2.45, 2.75) is 118 Å². The van der Waals surface area contributed by atoms with Gasteiger partial charge in [-0.05, 0) is 17.5 Å². The molecule has 3 N–H and O–H groups in total. The first-order valence-corrected chi connectivity index (χ1v) is 21.9. The van der Waals surface area contributed by atoms with Crippen molar-refractivity contribution in [1.29, 1.82) is 0 Å². The van der Waals surface area contributed by atoms with Gasteiger partial charge in [0.2, 0.25) is 11.8 Å². The molecular weight excluding hydrogens is 877 g/mol. The minimum absolute atomic E-state index is 0. The molecule has 0 saturated carbocycles. The van der Waals surface area contributed by atoms with Crippen LogP contribution >= 0.6 is 0 Å². The molecule has 0 unspecified atom stereocenters. The van der Waals surface area contributed by atoms with Crippen LogP contribution in [0.5, 0.6) is 0 Å². The summed E-state index contributed by atoms with van der Waals surface area (Å²) in [7, 11) is 0. The van der Waals surface area contributed by atoms with Crippen molar-refractivity contribution >= 4 is 58.0 Å². The summed E-state index contributed by atoms with van der Waals surface area (Å²) < 4.78 is 27.4. The maximum atomic E-state index is 12.8. The van der Waals surface area contributed by atoms with Crippen LogP contribution in [0.4, 0.5) is 21.2 Å². The van der Waals surface area contributed by atoms with Crippen molar-refractivity contribution in [2.75, 3.05) is 17.2 Å². The van der Waals surface area contributed by atoms with Gasteiger partial charge in [-0.25, -0.2) is 39.5 Å². The number of nitrogens with one attached hydrogen (secondary N) is 2. The highest BCUT2D eigenvalue weighted by molar-refractivity contribution is 5.98. The lowest BCUT2D eigenvalue weighted by atomic mass is 10.0. The minimum atomic E-state index is -0.745. The number of carbonyl (C=O) groups is 4. The lowest BCUT2D eigenvalue weighted by molar-refractivity contribution is -0.119. The molecule has 0 spiro atoms. The highest BCUT2D eigenvalue weighted by Crippen LogP contribution is 2.43. The number of carbonyl (C=O) groups excluding carboxylic acids is 4. The molecule has 10 rings (SSSR count). The first-order chi connectivity index (χ1) is 31.9. The zero-order chi connectivity index (χ0) is 46.2. The molecule has 0 aliphatic carbocycles. The molecule has 21 nitrogen and oxygen atoms in total. The number of nitrogens with zero attached hydrogens (tertiary/aromatic N) is 10. The number of benzene rings is 2. The summed E-state index contributed by atoms with van der Waals surface area (Å²) >= 11 is 0. The van der Waals surface area contributed by atoms with E-state index in [4.69, 9.17) is 18.9 Å². The number of hydrogen-bond acceptors (Lipinski definition) is 15. The quantitative estimate of drug-likeness (QED) is 0.126. The zero-order valence-corrected chi connectivity index (χ0v) is 36.9. The molecular formula is C47H58N12O9. The van der Waals surface area contributed by atoms with Crippen molar-refractivity contribution in [3.8, 4) is 0 Å². The van der Waals surface area contributed by atoms with Crippen LogP contribution in [0.3, 0.4) is 0 Å². The van der Waals surface area contributed by atoms with Crippen LogP contribution < -0.4 is 10.6 Å². The summed E-state index contributed by atoms with van der Waals surface area (Å²) in [5.41, 5.74) is 3.74. The largest absolute Gasteiger partial charge is 0.439 e. The normalized spacial score (nSPS) is 23.6. The second-order valence-electron chi connectivity index (χ2n) is 17.0. The predicted molar refractivity (Wildman–Crippen MR) is 248 cm³/mol. The maximum Gasteiger partial charge on any atom is 0.411 e. The van der Waals surface area contributed by atoms with E-state index < -0.39 is 42.9 Å². The summed E-state index contributed by atoms with van der Waals surface area (Å²) in [6, 6.07) is 18.7. The number of aliphatic hydroxyl groups excluding tert-OH is 1. The second kappa shape index (κ2) is 20.4. The van der Waals surface area contributed by atoms with E-state index in [0.29, 0.717) is 47.1 Å². The summed E-state index contributed by atoms with van der Waals surface area (Å²) in [6.07, 6.45) is 2.36. The van der Waals surface area contributed by atoms with Crippen molar-refractivity contribution in [3.05, 3.63) is 97.1 Å². The zero-order valence-electron chi connectivity index (χ0n) is 36.9. The lowest BCUT2D eigenvalue weighted by Crippen LogP contribution is -2.42. The fourth-order valence-electron chi connectivity index (χ4n) is 8.68. The van der Waals surface area contributed by atoms with Gasteiger partial charge in [0, 0.05) is 24.9 Å². The van der Waals surface area contributed by atoms with Crippen molar-refractivity contribution in [1.82, 2.24) is 48.8 Å². The number of ether oxygens (including phenoxy) is 4. The van der Waals surface area contributed by atoms with E-state index in [1.165, 1.54) is 19.0 Å². The summed E-state index contributed by atoms with van der Waals surface area (Å²) in [5, 5.41) is 15.5. The van der Waals surface area contributed by atoms with Crippen molar-refractivity contribution < 1.29 is 43.2 Å². The van der Waals surface area contributed by atoms with Crippen LogP contribution in [0.15, 0.2) is 86.0 Å². The molecule has 4 amide bonds. The molecule has 0 bridgehead atoms. The number of anilines is 2. The number of aliphatic hydroxyl groups is 1. The number of rotatable bonds is 12. The van der Waals surface area contributed by atoms with Gasteiger partial charge < -0.3 is 34.7 Å². The van der Waals surface area contributed by atoms with Crippen LogP contribution in [0.2, 0.25) is 0 Å². The molecule has 4 aliphatic heterocycles. The van der Waals surface area contributed by atoms with Crippen LogP contribution in [-0.2, 0) is 41.6 Å². The standard InChI is InChI=1S/C23H26N6O4.C22H24N6O5.2CH4/c1-4-15-17-18(33-23(31)28(17)10-14-8-6-5-7-9-14)22(32-15)29-12-26-16-19(24-11-25-20(16)29)27-21(30)13(2)3;1-12(2)20(30)26-18-15-19(24-10-23-18)28(11-25-15)21-17-16(14(9-29)32-21)27(22(31)33-17)8-13-6-4-3-5-7-13;;/h5-9,11-13,15,17-18,22H,4,10H2,1-3H3,(H,24,25,27,30);3-7,10-12,14,16-17,21,29H,8-9H2,1-2H3,(H,23,24,26,30);2*1H4/t15-,17-,18-,22-;14-,16-,17-,21-;;/m11../s1. The first kappa shape index (κ1) is 48.8. The summed E-state index contributed by atoms with van der Waals surface area (Å²) in [5.74, 6) is -0.143. The third-order valence-electron chi connectivity index (χ3n) is 12.1. The van der Waals surface area contributed by atoms with Crippen LogP contribution in [0, 0.1) is 11.8 Å². The fourth-order valence-corrected chi connectivity index (χ4v) is 8.68. The topological polar surface area (TPSA) is 243 Å². The Bertz CT molecular complexity index is 2550. The third-order valence-corrected chi connectivity index (χ3v) is 12.1. The average molecular weight is 935 g/mol.